The summed E-state index contributed by atoms with van der Waals surface area (Å²) in [4.78, 5) is 25.6. The molecule has 0 N–H and O–H groups in total. The highest BCUT2D eigenvalue weighted by atomic mass is 16.1. The maximum atomic E-state index is 13.2. The number of imidazole rings is 1. The zero-order chi connectivity index (χ0) is 20.5. The average Bonchev–Trinajstić information content (AvgIpc) is 3.38. The molecule has 0 fully saturated rings. The molecule has 0 saturated carbocycles. The van der Waals surface area contributed by atoms with E-state index in [1.807, 2.05) is 55.0 Å². The molecule has 1 unspecified atom stereocenters. The Morgan fingerprint density at radius 1 is 0.867 bits per heavy atom. The number of hydrogen-bond acceptors (Lipinski definition) is 4. The van der Waals surface area contributed by atoms with Crippen LogP contribution < -0.4 is 0 Å². The minimum atomic E-state index is -0.0559. The number of fused-ring (bicyclic) bond motifs is 1. The van der Waals surface area contributed by atoms with E-state index < -0.39 is 0 Å². The van der Waals surface area contributed by atoms with Crippen LogP contribution in [0.15, 0.2) is 85.8 Å². The third-order valence-corrected chi connectivity index (χ3v) is 5.69. The fourth-order valence-electron chi connectivity index (χ4n) is 4.19. The van der Waals surface area contributed by atoms with Crippen LogP contribution in [0.1, 0.15) is 41.0 Å². The molecule has 30 heavy (non-hydrogen) atoms. The minimum absolute atomic E-state index is 0.0559. The van der Waals surface area contributed by atoms with Crippen LogP contribution in [0.5, 0.6) is 0 Å². The van der Waals surface area contributed by atoms with Crippen molar-refractivity contribution in [3.8, 4) is 11.1 Å². The molecule has 2 aromatic carbocycles. The number of aromatic nitrogens is 4. The molecule has 1 atom stereocenters. The average molecular weight is 392 g/mol. The van der Waals surface area contributed by atoms with Crippen LogP contribution >= 0.6 is 0 Å². The quantitative estimate of drug-likeness (QED) is 0.444. The van der Waals surface area contributed by atoms with Gasteiger partial charge in [-0.05, 0) is 29.2 Å². The van der Waals surface area contributed by atoms with Gasteiger partial charge in [-0.3, -0.25) is 4.79 Å². The van der Waals surface area contributed by atoms with E-state index in [1.54, 1.807) is 12.4 Å². The topological polar surface area (TPSA) is 60.7 Å². The summed E-state index contributed by atoms with van der Waals surface area (Å²) in [6.07, 6.45) is 9.13. The molecule has 5 heteroatoms. The predicted octanol–water partition coefficient (Wildman–Crippen LogP) is 5.10. The lowest BCUT2D eigenvalue weighted by Crippen LogP contribution is -2.13. The summed E-state index contributed by atoms with van der Waals surface area (Å²) in [5.74, 6) is 0.110. The fourth-order valence-corrected chi connectivity index (χ4v) is 4.19. The number of hydrogen-bond donors (Lipinski definition) is 0. The van der Waals surface area contributed by atoms with Crippen molar-refractivity contribution in [2.45, 2.75) is 19.4 Å². The summed E-state index contributed by atoms with van der Waals surface area (Å²) in [6, 6.07) is 17.9. The van der Waals surface area contributed by atoms with Crippen molar-refractivity contribution in [3.05, 3.63) is 103 Å². The van der Waals surface area contributed by atoms with Crippen molar-refractivity contribution in [1.82, 2.24) is 19.5 Å². The SMILES string of the molecule is CC1=C(c2ccccc2)C(CC(=O)c2ccc(-c3cncnc3)cc2)n2cncc21. The Labute approximate surface area is 174 Å². The van der Waals surface area contributed by atoms with E-state index in [2.05, 4.69) is 38.6 Å². The smallest absolute Gasteiger partial charge is 0.165 e. The van der Waals surface area contributed by atoms with Crippen molar-refractivity contribution < 1.29 is 4.79 Å². The number of rotatable bonds is 5. The Morgan fingerprint density at radius 2 is 1.60 bits per heavy atom. The number of carbonyl (C=O) groups is 1. The summed E-state index contributed by atoms with van der Waals surface area (Å²) < 4.78 is 2.12. The normalized spacial score (nSPS) is 15.3. The molecule has 0 aliphatic carbocycles. The monoisotopic (exact) mass is 392 g/mol. The first-order valence-electron chi connectivity index (χ1n) is 9.89. The van der Waals surface area contributed by atoms with E-state index in [4.69, 9.17) is 0 Å². The summed E-state index contributed by atoms with van der Waals surface area (Å²) in [5, 5.41) is 0. The van der Waals surface area contributed by atoms with Crippen LogP contribution in [0.25, 0.3) is 22.3 Å². The summed E-state index contributed by atoms with van der Waals surface area (Å²) in [5.41, 5.74) is 7.22. The zero-order valence-corrected chi connectivity index (χ0v) is 16.6. The molecule has 0 spiro atoms. The zero-order valence-electron chi connectivity index (χ0n) is 16.6. The number of allylic oxidation sites excluding steroid dienone is 2. The molecule has 4 aromatic rings. The van der Waals surface area contributed by atoms with E-state index >= 15 is 0 Å². The van der Waals surface area contributed by atoms with Gasteiger partial charge in [-0.25, -0.2) is 15.0 Å². The van der Waals surface area contributed by atoms with E-state index in [0.29, 0.717) is 12.0 Å². The van der Waals surface area contributed by atoms with Gasteiger partial charge in [0.05, 0.1) is 24.3 Å². The highest BCUT2D eigenvalue weighted by Gasteiger charge is 2.31. The first-order chi connectivity index (χ1) is 14.7. The third-order valence-electron chi connectivity index (χ3n) is 5.69. The Kier molecular flexibility index (Phi) is 4.56. The summed E-state index contributed by atoms with van der Waals surface area (Å²) in [6.45, 7) is 2.11. The molecule has 0 amide bonds. The van der Waals surface area contributed by atoms with E-state index in [0.717, 1.165) is 22.4 Å². The number of ketones is 1. The Bertz CT molecular complexity index is 1230. The molecular formula is C25H20N4O. The van der Waals surface area contributed by atoms with Gasteiger partial charge < -0.3 is 4.57 Å². The van der Waals surface area contributed by atoms with Gasteiger partial charge in [0.2, 0.25) is 0 Å². The van der Waals surface area contributed by atoms with Crippen molar-refractivity contribution in [3.63, 3.8) is 0 Å². The molecular weight excluding hydrogens is 372 g/mol. The van der Waals surface area contributed by atoms with Crippen molar-refractivity contribution in [1.29, 1.82) is 0 Å². The third kappa shape index (κ3) is 3.14. The van der Waals surface area contributed by atoms with Crippen molar-refractivity contribution in [2.24, 2.45) is 0 Å². The van der Waals surface area contributed by atoms with Gasteiger partial charge in [-0.1, -0.05) is 54.6 Å². The maximum Gasteiger partial charge on any atom is 0.165 e. The number of nitrogens with zero attached hydrogens (tertiary/aromatic N) is 4. The second-order valence-corrected chi connectivity index (χ2v) is 7.44. The molecule has 5 nitrogen and oxygen atoms in total. The van der Waals surface area contributed by atoms with Crippen molar-refractivity contribution >= 4 is 16.9 Å². The van der Waals surface area contributed by atoms with Crippen LogP contribution in [-0.4, -0.2) is 25.3 Å². The summed E-state index contributed by atoms with van der Waals surface area (Å²) in [7, 11) is 0. The van der Waals surface area contributed by atoms with Gasteiger partial charge in [0.25, 0.3) is 0 Å². The highest BCUT2D eigenvalue weighted by Crippen LogP contribution is 2.44. The Balaban J connectivity index is 1.44. The molecule has 0 radical (unpaired) electrons. The van der Waals surface area contributed by atoms with Gasteiger partial charge >= 0.3 is 0 Å². The minimum Gasteiger partial charge on any atom is -0.323 e. The van der Waals surface area contributed by atoms with E-state index in [9.17, 15) is 4.79 Å². The first kappa shape index (κ1) is 18.2. The van der Waals surface area contributed by atoms with Crippen LogP contribution in [0.3, 0.4) is 0 Å². The number of benzene rings is 2. The van der Waals surface area contributed by atoms with E-state index in [1.165, 1.54) is 17.5 Å². The molecule has 1 aliphatic rings. The van der Waals surface area contributed by atoms with Crippen molar-refractivity contribution in [2.75, 3.05) is 0 Å². The van der Waals surface area contributed by atoms with Gasteiger partial charge in [0, 0.05) is 29.9 Å². The lowest BCUT2D eigenvalue weighted by molar-refractivity contribution is 0.0972. The molecule has 0 bridgehead atoms. The molecule has 1 aliphatic heterocycles. The second kappa shape index (κ2) is 7.52. The maximum absolute atomic E-state index is 13.2. The van der Waals surface area contributed by atoms with Gasteiger partial charge in [0.1, 0.15) is 6.33 Å². The largest absolute Gasteiger partial charge is 0.323 e. The van der Waals surface area contributed by atoms with Crippen LogP contribution in [0.2, 0.25) is 0 Å². The Morgan fingerprint density at radius 3 is 2.33 bits per heavy atom. The lowest BCUT2D eigenvalue weighted by atomic mass is 9.91. The first-order valence-corrected chi connectivity index (χ1v) is 9.89. The van der Waals surface area contributed by atoms with Gasteiger partial charge in [-0.15, -0.1) is 0 Å². The van der Waals surface area contributed by atoms with Crippen LogP contribution in [-0.2, 0) is 0 Å². The summed E-state index contributed by atoms with van der Waals surface area (Å²) >= 11 is 0. The van der Waals surface area contributed by atoms with Crippen LogP contribution in [0.4, 0.5) is 0 Å². The van der Waals surface area contributed by atoms with Gasteiger partial charge in [0.15, 0.2) is 5.78 Å². The lowest BCUT2D eigenvalue weighted by Gasteiger charge is -2.18. The Hall–Kier alpha value is -3.86. The van der Waals surface area contributed by atoms with E-state index in [-0.39, 0.29) is 11.8 Å². The second-order valence-electron chi connectivity index (χ2n) is 7.44. The highest BCUT2D eigenvalue weighted by molar-refractivity contribution is 6.01. The molecule has 3 heterocycles. The molecule has 146 valence electrons. The standard InChI is InChI=1S/C25H20N4O/c1-17-23-14-28-16-29(23)22(25(17)20-5-3-2-4-6-20)11-24(30)19-9-7-18(8-10-19)21-12-26-15-27-13-21/h2-10,12-16,22H,11H2,1H3. The molecule has 0 saturated heterocycles. The van der Waals surface area contributed by atoms with Crippen LogP contribution in [0, 0.1) is 0 Å². The van der Waals surface area contributed by atoms with Gasteiger partial charge in [-0.2, -0.15) is 0 Å². The predicted molar refractivity (Wildman–Crippen MR) is 117 cm³/mol. The fraction of sp³-hybridized carbons (Fsp3) is 0.120. The molecule has 5 rings (SSSR count). The number of Topliss-reactive ketones (excluding diaryl/α,β-unsaturated/α-hetero) is 1. The molecule has 2 aromatic heterocycles. The number of carbonyl (C=O) groups excluding carboxylic acids is 1.